The van der Waals surface area contributed by atoms with Crippen molar-refractivity contribution in [3.05, 3.63) is 68.5 Å². The van der Waals surface area contributed by atoms with E-state index >= 15 is 0 Å². The number of hydrogen-bond acceptors (Lipinski definition) is 4. The zero-order valence-electron chi connectivity index (χ0n) is 14.6. The molecule has 0 atom stereocenters. The molecule has 0 saturated carbocycles. The first kappa shape index (κ1) is 19.3. The molecule has 3 rings (SSSR count). The van der Waals surface area contributed by atoms with Crippen LogP contribution in [0.5, 0.6) is 0 Å². The number of ether oxygens (including phenoxy) is 1. The number of nitrogens with one attached hydrogen (secondary N) is 1. The van der Waals surface area contributed by atoms with Gasteiger partial charge in [-0.05, 0) is 65.4 Å². The van der Waals surface area contributed by atoms with E-state index in [2.05, 4.69) is 32.8 Å². The lowest BCUT2D eigenvalue weighted by molar-refractivity contribution is 0.0341. The largest absolute Gasteiger partial charge is 0.379 e. The number of hydrogen-bond donors (Lipinski definition) is 1. The molecule has 6 heteroatoms. The van der Waals surface area contributed by atoms with Gasteiger partial charge < -0.3 is 10.1 Å². The molecule has 2 aromatic rings. The fourth-order valence-electron chi connectivity index (χ4n) is 3.03. The summed E-state index contributed by atoms with van der Waals surface area (Å²) in [7, 11) is 0. The Bertz CT molecular complexity index is 778. The van der Waals surface area contributed by atoms with Crippen molar-refractivity contribution in [2.24, 2.45) is 0 Å². The molecule has 2 aromatic carbocycles. The minimum atomic E-state index is -0.485. The van der Waals surface area contributed by atoms with E-state index in [1.807, 2.05) is 37.3 Å². The van der Waals surface area contributed by atoms with Crippen LogP contribution in [0.25, 0.3) is 0 Å². The Morgan fingerprint density at radius 3 is 2.77 bits per heavy atom. The lowest BCUT2D eigenvalue weighted by Crippen LogP contribution is -2.35. The highest BCUT2D eigenvalue weighted by Gasteiger charge is 2.19. The smallest absolute Gasteiger partial charge is 0.153 e. The molecule has 0 aromatic heterocycles. The van der Waals surface area contributed by atoms with Crippen LogP contribution in [0.1, 0.15) is 28.4 Å². The molecule has 0 bridgehead atoms. The van der Waals surface area contributed by atoms with Gasteiger partial charge in [0.1, 0.15) is 5.82 Å². The van der Waals surface area contributed by atoms with Crippen molar-refractivity contribution in [2.75, 3.05) is 31.6 Å². The zero-order chi connectivity index (χ0) is 18.5. The second-order valence-corrected chi connectivity index (χ2v) is 7.56. The predicted molar refractivity (Wildman–Crippen MR) is 109 cm³/mol. The van der Waals surface area contributed by atoms with Crippen molar-refractivity contribution in [3.63, 3.8) is 0 Å². The highest BCUT2D eigenvalue weighted by atomic mass is 127. The molecule has 1 radical (unpaired) electrons. The Morgan fingerprint density at radius 1 is 1.31 bits per heavy atom. The van der Waals surface area contributed by atoms with Crippen LogP contribution in [-0.2, 0) is 11.3 Å². The number of carbonyl (C=O) groups excluding carboxylic acids is 1. The van der Waals surface area contributed by atoms with E-state index in [1.165, 1.54) is 0 Å². The highest BCUT2D eigenvalue weighted by molar-refractivity contribution is 14.1. The Hall–Kier alpha value is -1.51. The third kappa shape index (κ3) is 4.81. The summed E-state index contributed by atoms with van der Waals surface area (Å²) < 4.78 is 21.2. The fourth-order valence-corrected chi connectivity index (χ4v) is 3.57. The minimum Gasteiger partial charge on any atom is -0.379 e. The lowest BCUT2D eigenvalue weighted by Gasteiger charge is -2.27. The van der Waals surface area contributed by atoms with E-state index in [1.54, 1.807) is 6.07 Å². The van der Waals surface area contributed by atoms with Gasteiger partial charge >= 0.3 is 0 Å². The van der Waals surface area contributed by atoms with Crippen molar-refractivity contribution in [3.8, 4) is 0 Å². The lowest BCUT2D eigenvalue weighted by atomic mass is 9.99. The molecule has 26 heavy (non-hydrogen) atoms. The second kappa shape index (κ2) is 8.92. The van der Waals surface area contributed by atoms with Crippen molar-refractivity contribution < 1.29 is 13.9 Å². The van der Waals surface area contributed by atoms with Crippen LogP contribution in [0.2, 0.25) is 0 Å². The van der Waals surface area contributed by atoms with E-state index in [4.69, 9.17) is 4.74 Å². The van der Waals surface area contributed by atoms with Crippen LogP contribution in [-0.4, -0.2) is 37.5 Å². The molecule has 1 heterocycles. The number of halogens is 2. The number of aldehydes is 1. The standard InChI is InChI=1S/C20H21FIN2O2/c1-14(23-18-4-2-3-17(22)11-18)19-10-15(9-16(13-25)20(19)21)12-24-5-7-26-8-6-24/h2-4,9-11,13,23H,5-8,12H2,1H3. The first-order valence-electron chi connectivity index (χ1n) is 8.51. The molecule has 1 saturated heterocycles. The molecule has 4 nitrogen and oxygen atoms in total. The molecule has 0 unspecified atom stereocenters. The van der Waals surface area contributed by atoms with Crippen LogP contribution in [0, 0.1) is 15.4 Å². The summed E-state index contributed by atoms with van der Waals surface area (Å²) >= 11 is 2.24. The minimum absolute atomic E-state index is 0.0922. The Kier molecular flexibility index (Phi) is 6.61. The quantitative estimate of drug-likeness (QED) is 0.514. The highest BCUT2D eigenvalue weighted by Crippen LogP contribution is 2.25. The van der Waals surface area contributed by atoms with Gasteiger partial charge in [0, 0.05) is 34.5 Å². The summed E-state index contributed by atoms with van der Waals surface area (Å²) in [6, 6.07) is 12.0. The summed E-state index contributed by atoms with van der Waals surface area (Å²) in [4.78, 5) is 13.6. The maximum absolute atomic E-state index is 14.7. The number of benzene rings is 2. The van der Waals surface area contributed by atoms with Crippen LogP contribution in [0.15, 0.2) is 36.4 Å². The van der Waals surface area contributed by atoms with E-state index < -0.39 is 5.82 Å². The molecule has 0 spiro atoms. The molecular formula is C20H21FIN2O2. The fraction of sp³-hybridized carbons (Fsp3) is 0.300. The van der Waals surface area contributed by atoms with Crippen molar-refractivity contribution in [2.45, 2.75) is 13.5 Å². The first-order valence-corrected chi connectivity index (χ1v) is 9.59. The summed E-state index contributed by atoms with van der Waals surface area (Å²) in [6.45, 7) is 5.58. The molecule has 1 aliphatic rings. The van der Waals surface area contributed by atoms with Crippen LogP contribution < -0.4 is 5.32 Å². The van der Waals surface area contributed by atoms with Gasteiger partial charge in [0.15, 0.2) is 6.29 Å². The van der Waals surface area contributed by atoms with Crippen molar-refractivity contribution >= 4 is 34.6 Å². The van der Waals surface area contributed by atoms with Gasteiger partial charge in [-0.1, -0.05) is 6.07 Å². The van der Waals surface area contributed by atoms with Crippen LogP contribution in [0.3, 0.4) is 0 Å². The second-order valence-electron chi connectivity index (χ2n) is 6.31. The molecular weight excluding hydrogens is 446 g/mol. The van der Waals surface area contributed by atoms with E-state index in [0.717, 1.165) is 27.9 Å². The van der Waals surface area contributed by atoms with E-state index in [-0.39, 0.29) is 5.56 Å². The number of morpholine rings is 1. The molecule has 0 aliphatic carbocycles. The molecule has 137 valence electrons. The monoisotopic (exact) mass is 467 g/mol. The number of anilines is 1. The molecule has 1 fully saturated rings. The number of nitrogens with zero attached hydrogens (tertiary/aromatic N) is 1. The zero-order valence-corrected chi connectivity index (χ0v) is 16.8. The van der Waals surface area contributed by atoms with Gasteiger partial charge in [0.2, 0.25) is 0 Å². The third-order valence-corrected chi connectivity index (χ3v) is 5.03. The Morgan fingerprint density at radius 2 is 2.08 bits per heavy atom. The summed E-state index contributed by atoms with van der Waals surface area (Å²) in [6.07, 6.45) is 0.584. The molecule has 1 N–H and O–H groups in total. The average Bonchev–Trinajstić information content (AvgIpc) is 2.63. The van der Waals surface area contributed by atoms with Gasteiger partial charge in [0.05, 0.1) is 24.8 Å². The Labute approximate surface area is 166 Å². The van der Waals surface area contributed by atoms with Crippen molar-refractivity contribution in [1.29, 1.82) is 0 Å². The first-order chi connectivity index (χ1) is 12.6. The van der Waals surface area contributed by atoms with E-state index in [0.29, 0.717) is 37.6 Å². The number of carbonyl (C=O) groups is 1. The summed E-state index contributed by atoms with van der Waals surface area (Å²) in [5.74, 6) is -0.485. The SMILES string of the molecule is C[C](Nc1cccc(I)c1)c1cc(CN2CCOCC2)cc(C=O)c1F. The Balaban J connectivity index is 1.84. The van der Waals surface area contributed by atoms with Crippen molar-refractivity contribution in [1.82, 2.24) is 4.90 Å². The van der Waals surface area contributed by atoms with Gasteiger partial charge in [-0.2, -0.15) is 0 Å². The maximum atomic E-state index is 14.7. The van der Waals surface area contributed by atoms with E-state index in [9.17, 15) is 9.18 Å². The van der Waals surface area contributed by atoms with Gasteiger partial charge in [-0.25, -0.2) is 4.39 Å². The molecule has 1 aliphatic heterocycles. The third-order valence-electron chi connectivity index (χ3n) is 4.36. The summed E-state index contributed by atoms with van der Waals surface area (Å²) in [5.41, 5.74) is 2.33. The predicted octanol–water partition coefficient (Wildman–Crippen LogP) is 4.09. The van der Waals surface area contributed by atoms with Gasteiger partial charge in [-0.3, -0.25) is 9.69 Å². The van der Waals surface area contributed by atoms with Gasteiger partial charge in [0.25, 0.3) is 0 Å². The maximum Gasteiger partial charge on any atom is 0.153 e. The van der Waals surface area contributed by atoms with Gasteiger partial charge in [-0.15, -0.1) is 0 Å². The molecule has 0 amide bonds. The average molecular weight is 467 g/mol. The topological polar surface area (TPSA) is 41.6 Å². The summed E-state index contributed by atoms with van der Waals surface area (Å²) in [5, 5.41) is 3.24. The van der Waals surface area contributed by atoms with Crippen LogP contribution in [0.4, 0.5) is 10.1 Å². The number of rotatable bonds is 6. The normalized spacial score (nSPS) is 15.2. The van der Waals surface area contributed by atoms with Crippen LogP contribution >= 0.6 is 22.6 Å².